The Hall–Kier alpha value is -3.22. The van der Waals surface area contributed by atoms with E-state index in [1.807, 2.05) is 36.5 Å². The number of piperidine rings is 1. The molecule has 1 aromatic carbocycles. The molecule has 3 aromatic rings. The number of benzene rings is 1. The molecule has 7 nitrogen and oxygen atoms in total. The fourth-order valence-electron chi connectivity index (χ4n) is 3.60. The van der Waals surface area contributed by atoms with E-state index in [0.717, 1.165) is 48.4 Å². The van der Waals surface area contributed by atoms with Crippen LogP contribution in [0.15, 0.2) is 48.9 Å². The zero-order valence-corrected chi connectivity index (χ0v) is 15.8. The normalized spacial score (nSPS) is 14.8. The van der Waals surface area contributed by atoms with Crippen LogP contribution in [-0.2, 0) is 11.3 Å². The van der Waals surface area contributed by atoms with Crippen LogP contribution in [0.4, 0.5) is 5.69 Å². The van der Waals surface area contributed by atoms with E-state index in [2.05, 4.69) is 25.2 Å². The lowest BCUT2D eigenvalue weighted by Gasteiger charge is -2.32. The molecule has 144 valence electrons. The molecule has 4 rings (SSSR count). The highest BCUT2D eigenvalue weighted by Gasteiger charge is 2.25. The number of pyridine rings is 1. The molecule has 0 unspecified atom stereocenters. The number of rotatable bonds is 5. The van der Waals surface area contributed by atoms with E-state index in [0.29, 0.717) is 12.2 Å². The van der Waals surface area contributed by atoms with Crippen molar-refractivity contribution >= 4 is 22.8 Å². The lowest BCUT2D eigenvalue weighted by atomic mass is 9.95. The maximum absolute atomic E-state index is 12.6. The van der Waals surface area contributed by atoms with E-state index < -0.39 is 0 Å². The smallest absolute Gasteiger partial charge is 0.223 e. The van der Waals surface area contributed by atoms with Gasteiger partial charge in [-0.25, -0.2) is 9.97 Å². The fourth-order valence-corrected chi connectivity index (χ4v) is 3.60. The van der Waals surface area contributed by atoms with Crippen molar-refractivity contribution in [2.45, 2.75) is 19.4 Å². The van der Waals surface area contributed by atoms with Crippen LogP contribution in [0.2, 0.25) is 0 Å². The van der Waals surface area contributed by atoms with Crippen molar-refractivity contribution in [3.05, 3.63) is 54.5 Å². The predicted molar refractivity (Wildman–Crippen MR) is 107 cm³/mol. The summed E-state index contributed by atoms with van der Waals surface area (Å²) in [6, 6.07) is 9.76. The highest BCUT2D eigenvalue weighted by molar-refractivity contribution is 5.79. The Labute approximate surface area is 163 Å². The minimum absolute atomic E-state index is 0.0270. The van der Waals surface area contributed by atoms with Crippen LogP contribution in [0, 0.1) is 5.92 Å². The van der Waals surface area contributed by atoms with Crippen molar-refractivity contribution in [3.63, 3.8) is 0 Å². The molecule has 1 aliphatic rings. The highest BCUT2D eigenvalue weighted by atomic mass is 16.5. The summed E-state index contributed by atoms with van der Waals surface area (Å²) in [5.41, 5.74) is 3.45. The third-order valence-electron chi connectivity index (χ3n) is 5.19. The molecule has 2 aromatic heterocycles. The van der Waals surface area contributed by atoms with E-state index in [1.54, 1.807) is 19.5 Å². The summed E-state index contributed by atoms with van der Waals surface area (Å²) in [7, 11) is 1.64. The minimum Gasteiger partial charge on any atom is -0.496 e. The number of anilines is 1. The van der Waals surface area contributed by atoms with Crippen molar-refractivity contribution in [1.29, 1.82) is 0 Å². The van der Waals surface area contributed by atoms with E-state index in [-0.39, 0.29) is 11.8 Å². The Morgan fingerprint density at radius 1 is 1.18 bits per heavy atom. The van der Waals surface area contributed by atoms with Crippen molar-refractivity contribution < 1.29 is 9.53 Å². The first-order chi connectivity index (χ1) is 13.7. The molecule has 1 saturated heterocycles. The first kappa shape index (κ1) is 18.2. The Balaban J connectivity index is 1.33. The largest absolute Gasteiger partial charge is 0.496 e. The molecule has 28 heavy (non-hydrogen) atoms. The second-order valence-electron chi connectivity index (χ2n) is 6.88. The first-order valence-electron chi connectivity index (χ1n) is 9.46. The van der Waals surface area contributed by atoms with Crippen molar-refractivity contribution in [1.82, 2.24) is 20.3 Å². The molecular weight excluding hydrogens is 354 g/mol. The number of methoxy groups -OCH3 is 1. The van der Waals surface area contributed by atoms with Gasteiger partial charge in [0.05, 0.1) is 19.0 Å². The second kappa shape index (κ2) is 8.21. The lowest BCUT2D eigenvalue weighted by Crippen LogP contribution is -2.40. The van der Waals surface area contributed by atoms with E-state index in [9.17, 15) is 4.79 Å². The van der Waals surface area contributed by atoms with Gasteiger partial charge in [-0.1, -0.05) is 18.2 Å². The number of amides is 1. The number of nitrogens with one attached hydrogen (secondary N) is 1. The van der Waals surface area contributed by atoms with Gasteiger partial charge in [-0.3, -0.25) is 9.78 Å². The number of para-hydroxylation sites is 1. The molecule has 1 fully saturated rings. The molecule has 0 bridgehead atoms. The summed E-state index contributed by atoms with van der Waals surface area (Å²) in [5.74, 6) is 0.928. The summed E-state index contributed by atoms with van der Waals surface area (Å²) in [6.07, 6.45) is 6.78. The lowest BCUT2D eigenvalue weighted by molar-refractivity contribution is -0.125. The standard InChI is InChI=1S/C21H23N5O2/c1-28-19-5-3-2-4-16(19)13-25-21(27)15-6-10-26(11-7-15)17-12-18-20(24-14-17)23-9-8-22-18/h2-5,8-9,12,14-15H,6-7,10-11,13H2,1H3,(H,25,27). The average molecular weight is 377 g/mol. The average Bonchev–Trinajstić information content (AvgIpc) is 2.77. The molecule has 1 N–H and O–H groups in total. The van der Waals surface area contributed by atoms with Crippen LogP contribution in [0.25, 0.3) is 11.2 Å². The van der Waals surface area contributed by atoms with Gasteiger partial charge < -0.3 is 15.0 Å². The van der Waals surface area contributed by atoms with Crippen LogP contribution < -0.4 is 15.0 Å². The summed E-state index contributed by atoms with van der Waals surface area (Å²) < 4.78 is 5.34. The second-order valence-corrected chi connectivity index (χ2v) is 6.88. The Kier molecular flexibility index (Phi) is 5.32. The predicted octanol–water partition coefficient (Wildman–Crippen LogP) is 2.57. The third-order valence-corrected chi connectivity index (χ3v) is 5.19. The number of hydrogen-bond acceptors (Lipinski definition) is 6. The molecule has 1 aliphatic heterocycles. The van der Waals surface area contributed by atoms with Gasteiger partial charge in [-0.15, -0.1) is 0 Å². The van der Waals surface area contributed by atoms with Crippen molar-refractivity contribution in [3.8, 4) is 5.75 Å². The molecule has 0 atom stereocenters. The zero-order valence-electron chi connectivity index (χ0n) is 15.8. The van der Waals surface area contributed by atoms with Crippen molar-refractivity contribution in [2.24, 2.45) is 5.92 Å². The SMILES string of the molecule is COc1ccccc1CNC(=O)C1CCN(c2cnc3nccnc3c2)CC1. The first-order valence-corrected chi connectivity index (χ1v) is 9.46. The van der Waals surface area contributed by atoms with Gasteiger partial charge in [0.2, 0.25) is 5.91 Å². The molecule has 0 aliphatic carbocycles. The summed E-state index contributed by atoms with van der Waals surface area (Å²) in [4.78, 5) is 27.8. The van der Waals surface area contributed by atoms with Crippen LogP contribution in [0.1, 0.15) is 18.4 Å². The van der Waals surface area contributed by atoms with Crippen LogP contribution in [0.3, 0.4) is 0 Å². The van der Waals surface area contributed by atoms with Crippen LogP contribution in [0.5, 0.6) is 5.75 Å². The fraction of sp³-hybridized carbons (Fsp3) is 0.333. The molecule has 0 saturated carbocycles. The monoisotopic (exact) mass is 377 g/mol. The summed E-state index contributed by atoms with van der Waals surface area (Å²) in [5, 5.41) is 3.05. The Morgan fingerprint density at radius 2 is 1.96 bits per heavy atom. The van der Waals surface area contributed by atoms with Gasteiger partial charge in [0.25, 0.3) is 0 Å². The Bertz CT molecular complexity index is 970. The number of carbonyl (C=O) groups excluding carboxylic acids is 1. The number of hydrogen-bond donors (Lipinski definition) is 1. The van der Waals surface area contributed by atoms with Crippen LogP contribution in [-0.4, -0.2) is 41.1 Å². The van der Waals surface area contributed by atoms with E-state index in [4.69, 9.17) is 4.74 Å². The molecule has 1 amide bonds. The number of nitrogens with zero attached hydrogens (tertiary/aromatic N) is 4. The van der Waals surface area contributed by atoms with Crippen molar-refractivity contribution in [2.75, 3.05) is 25.1 Å². The van der Waals surface area contributed by atoms with E-state index in [1.165, 1.54) is 0 Å². The van der Waals surface area contributed by atoms with E-state index >= 15 is 0 Å². The van der Waals surface area contributed by atoms with Gasteiger partial charge in [-0.05, 0) is 25.0 Å². The van der Waals surface area contributed by atoms with Gasteiger partial charge in [0, 0.05) is 43.5 Å². The topological polar surface area (TPSA) is 80.2 Å². The zero-order chi connectivity index (χ0) is 19.3. The summed E-state index contributed by atoms with van der Waals surface area (Å²) >= 11 is 0. The molecule has 0 spiro atoms. The van der Waals surface area contributed by atoms with Crippen LogP contribution >= 0.6 is 0 Å². The molecule has 0 radical (unpaired) electrons. The van der Waals surface area contributed by atoms with Gasteiger partial charge in [0.15, 0.2) is 5.65 Å². The summed E-state index contributed by atoms with van der Waals surface area (Å²) in [6.45, 7) is 2.12. The number of ether oxygens (including phenoxy) is 1. The van der Waals surface area contributed by atoms with Gasteiger partial charge >= 0.3 is 0 Å². The van der Waals surface area contributed by atoms with Gasteiger partial charge in [0.1, 0.15) is 11.3 Å². The minimum atomic E-state index is 0.0270. The molecular formula is C21H23N5O2. The molecule has 3 heterocycles. The number of aromatic nitrogens is 3. The third kappa shape index (κ3) is 3.88. The maximum atomic E-state index is 12.6. The molecule has 7 heteroatoms. The van der Waals surface area contributed by atoms with Gasteiger partial charge in [-0.2, -0.15) is 0 Å². The number of carbonyl (C=O) groups is 1. The highest BCUT2D eigenvalue weighted by Crippen LogP contribution is 2.25. The maximum Gasteiger partial charge on any atom is 0.223 e. The Morgan fingerprint density at radius 3 is 2.79 bits per heavy atom. The quantitative estimate of drug-likeness (QED) is 0.736. The number of fused-ring (bicyclic) bond motifs is 1.